The number of aryl methyl sites for hydroxylation is 1. The highest BCUT2D eigenvalue weighted by Gasteiger charge is 2.12. The summed E-state index contributed by atoms with van der Waals surface area (Å²) in [7, 11) is 0. The Morgan fingerprint density at radius 3 is 2.71 bits per heavy atom. The van der Waals surface area contributed by atoms with Gasteiger partial charge in [-0.3, -0.25) is 4.98 Å². The van der Waals surface area contributed by atoms with Gasteiger partial charge in [-0.25, -0.2) is 0 Å². The first-order valence-electron chi connectivity index (χ1n) is 7.46. The molecule has 0 saturated carbocycles. The van der Waals surface area contributed by atoms with Crippen molar-refractivity contribution in [2.24, 2.45) is 0 Å². The fraction of sp³-hybridized carbons (Fsp3) is 0.211. The minimum atomic E-state index is 0.324. The average molecular weight is 277 g/mol. The number of pyridine rings is 1. The van der Waals surface area contributed by atoms with Crippen LogP contribution in [0.15, 0.2) is 54.7 Å². The molecule has 0 aliphatic carbocycles. The first-order chi connectivity index (χ1) is 10.3. The van der Waals surface area contributed by atoms with E-state index in [0.29, 0.717) is 5.75 Å². The van der Waals surface area contributed by atoms with Crippen LogP contribution in [0.25, 0.3) is 22.0 Å². The minimum Gasteiger partial charge on any atom is -0.507 e. The molecule has 0 saturated heterocycles. The standard InChI is InChI=1S/C19H19NO/c1-2-3-7-15-9-6-13-20-18(15)17-12-11-14-8-4-5-10-16(14)19(17)21/h4-6,8-13,21H,2-3,7H2,1H3. The maximum absolute atomic E-state index is 10.6. The maximum Gasteiger partial charge on any atom is 0.132 e. The van der Waals surface area contributed by atoms with Crippen molar-refractivity contribution >= 4 is 10.8 Å². The number of benzene rings is 2. The quantitative estimate of drug-likeness (QED) is 0.732. The lowest BCUT2D eigenvalue weighted by atomic mass is 9.98. The Morgan fingerprint density at radius 1 is 1.00 bits per heavy atom. The molecule has 2 aromatic carbocycles. The molecule has 3 aromatic rings. The normalized spacial score (nSPS) is 10.9. The van der Waals surface area contributed by atoms with E-state index in [1.54, 1.807) is 6.20 Å². The number of hydrogen-bond acceptors (Lipinski definition) is 2. The highest BCUT2D eigenvalue weighted by molar-refractivity contribution is 5.94. The number of hydrogen-bond donors (Lipinski definition) is 1. The fourth-order valence-corrected chi connectivity index (χ4v) is 2.70. The molecule has 0 amide bonds. The molecule has 0 aliphatic rings. The zero-order valence-electron chi connectivity index (χ0n) is 12.2. The molecule has 0 bridgehead atoms. The molecule has 2 nitrogen and oxygen atoms in total. The fourth-order valence-electron chi connectivity index (χ4n) is 2.70. The molecule has 1 aromatic heterocycles. The summed E-state index contributed by atoms with van der Waals surface area (Å²) >= 11 is 0. The number of phenols is 1. The topological polar surface area (TPSA) is 33.1 Å². The van der Waals surface area contributed by atoms with Gasteiger partial charge in [0.15, 0.2) is 0 Å². The van der Waals surface area contributed by atoms with E-state index in [-0.39, 0.29) is 0 Å². The van der Waals surface area contributed by atoms with Crippen LogP contribution in [0, 0.1) is 0 Å². The van der Waals surface area contributed by atoms with Gasteiger partial charge in [0.1, 0.15) is 5.75 Å². The second-order valence-corrected chi connectivity index (χ2v) is 5.30. The Balaban J connectivity index is 2.14. The minimum absolute atomic E-state index is 0.324. The van der Waals surface area contributed by atoms with Crippen LogP contribution in [0.4, 0.5) is 0 Å². The van der Waals surface area contributed by atoms with Crippen molar-refractivity contribution in [2.45, 2.75) is 26.2 Å². The van der Waals surface area contributed by atoms with Crippen molar-refractivity contribution in [1.82, 2.24) is 4.98 Å². The Morgan fingerprint density at radius 2 is 1.86 bits per heavy atom. The third kappa shape index (κ3) is 2.62. The smallest absolute Gasteiger partial charge is 0.132 e. The van der Waals surface area contributed by atoms with E-state index in [9.17, 15) is 5.11 Å². The van der Waals surface area contributed by atoms with Crippen molar-refractivity contribution in [3.8, 4) is 17.0 Å². The highest BCUT2D eigenvalue weighted by Crippen LogP contribution is 2.36. The van der Waals surface area contributed by atoms with Crippen LogP contribution in [0.5, 0.6) is 5.75 Å². The Hall–Kier alpha value is -2.35. The van der Waals surface area contributed by atoms with Gasteiger partial charge in [-0.05, 0) is 35.9 Å². The van der Waals surface area contributed by atoms with Gasteiger partial charge in [0, 0.05) is 17.1 Å². The Bertz CT molecular complexity index is 764. The second kappa shape index (κ2) is 5.96. The van der Waals surface area contributed by atoms with Gasteiger partial charge in [-0.15, -0.1) is 0 Å². The van der Waals surface area contributed by atoms with Gasteiger partial charge in [0.05, 0.1) is 5.69 Å². The molecule has 0 spiro atoms. The summed E-state index contributed by atoms with van der Waals surface area (Å²) in [6.07, 6.45) is 5.07. The lowest BCUT2D eigenvalue weighted by Gasteiger charge is -2.11. The summed E-state index contributed by atoms with van der Waals surface area (Å²) in [5.41, 5.74) is 2.92. The van der Waals surface area contributed by atoms with Gasteiger partial charge >= 0.3 is 0 Å². The molecule has 3 rings (SSSR count). The zero-order valence-corrected chi connectivity index (χ0v) is 12.2. The molecule has 21 heavy (non-hydrogen) atoms. The molecule has 106 valence electrons. The summed E-state index contributed by atoms with van der Waals surface area (Å²) < 4.78 is 0. The number of phenolic OH excluding ortho intramolecular Hbond substituents is 1. The predicted molar refractivity (Wildman–Crippen MR) is 87.5 cm³/mol. The van der Waals surface area contributed by atoms with E-state index in [4.69, 9.17) is 0 Å². The number of nitrogens with zero attached hydrogens (tertiary/aromatic N) is 1. The maximum atomic E-state index is 10.6. The van der Waals surface area contributed by atoms with Gasteiger partial charge in [-0.2, -0.15) is 0 Å². The molecule has 0 fully saturated rings. The van der Waals surface area contributed by atoms with Crippen LogP contribution in [0.2, 0.25) is 0 Å². The molecule has 0 radical (unpaired) electrons. The molecule has 0 aliphatic heterocycles. The summed E-state index contributed by atoms with van der Waals surface area (Å²) in [5, 5.41) is 12.5. The molecule has 0 unspecified atom stereocenters. The molecular formula is C19H19NO. The van der Waals surface area contributed by atoms with Crippen molar-refractivity contribution < 1.29 is 5.11 Å². The van der Waals surface area contributed by atoms with Crippen molar-refractivity contribution in [2.75, 3.05) is 0 Å². The van der Waals surface area contributed by atoms with E-state index in [0.717, 1.165) is 41.3 Å². The predicted octanol–water partition coefficient (Wildman–Crippen LogP) is 4.95. The van der Waals surface area contributed by atoms with Gasteiger partial charge in [0.2, 0.25) is 0 Å². The molecule has 0 atom stereocenters. The second-order valence-electron chi connectivity index (χ2n) is 5.30. The molecular weight excluding hydrogens is 258 g/mol. The number of unbranched alkanes of at least 4 members (excludes halogenated alkanes) is 1. The largest absolute Gasteiger partial charge is 0.507 e. The average Bonchev–Trinajstić information content (AvgIpc) is 2.54. The van der Waals surface area contributed by atoms with Crippen LogP contribution in [-0.4, -0.2) is 10.1 Å². The molecule has 1 heterocycles. The number of aromatic nitrogens is 1. The van der Waals surface area contributed by atoms with E-state index < -0.39 is 0 Å². The summed E-state index contributed by atoms with van der Waals surface area (Å²) in [5.74, 6) is 0.324. The SMILES string of the molecule is CCCCc1cccnc1-c1ccc2ccccc2c1O. The molecule has 2 heteroatoms. The Labute approximate surface area is 125 Å². The number of fused-ring (bicyclic) bond motifs is 1. The van der Waals surface area contributed by atoms with Crippen LogP contribution < -0.4 is 0 Å². The van der Waals surface area contributed by atoms with Crippen LogP contribution in [0.3, 0.4) is 0 Å². The van der Waals surface area contributed by atoms with E-state index in [1.165, 1.54) is 5.56 Å². The van der Waals surface area contributed by atoms with Crippen molar-refractivity contribution in [1.29, 1.82) is 0 Å². The Kier molecular flexibility index (Phi) is 3.87. The zero-order chi connectivity index (χ0) is 14.7. The van der Waals surface area contributed by atoms with Gasteiger partial charge in [-0.1, -0.05) is 49.7 Å². The van der Waals surface area contributed by atoms with E-state index in [1.807, 2.05) is 42.5 Å². The monoisotopic (exact) mass is 277 g/mol. The summed E-state index contributed by atoms with van der Waals surface area (Å²) in [4.78, 5) is 4.51. The first kappa shape index (κ1) is 13.6. The third-order valence-electron chi connectivity index (χ3n) is 3.85. The van der Waals surface area contributed by atoms with Crippen LogP contribution in [-0.2, 0) is 6.42 Å². The summed E-state index contributed by atoms with van der Waals surface area (Å²) in [6, 6.07) is 16.0. The number of aromatic hydroxyl groups is 1. The van der Waals surface area contributed by atoms with Crippen LogP contribution >= 0.6 is 0 Å². The lowest BCUT2D eigenvalue weighted by Crippen LogP contribution is -1.94. The van der Waals surface area contributed by atoms with E-state index >= 15 is 0 Å². The number of rotatable bonds is 4. The first-order valence-corrected chi connectivity index (χ1v) is 7.46. The van der Waals surface area contributed by atoms with Gasteiger partial charge < -0.3 is 5.11 Å². The third-order valence-corrected chi connectivity index (χ3v) is 3.85. The van der Waals surface area contributed by atoms with E-state index in [2.05, 4.69) is 18.0 Å². The summed E-state index contributed by atoms with van der Waals surface area (Å²) in [6.45, 7) is 2.18. The van der Waals surface area contributed by atoms with Crippen molar-refractivity contribution in [3.63, 3.8) is 0 Å². The molecule has 1 N–H and O–H groups in total. The van der Waals surface area contributed by atoms with Crippen LogP contribution in [0.1, 0.15) is 25.3 Å². The van der Waals surface area contributed by atoms with Crippen molar-refractivity contribution in [3.05, 3.63) is 60.3 Å². The highest BCUT2D eigenvalue weighted by atomic mass is 16.3. The lowest BCUT2D eigenvalue weighted by molar-refractivity contribution is 0.483. The van der Waals surface area contributed by atoms with Gasteiger partial charge in [0.25, 0.3) is 0 Å².